The van der Waals surface area contributed by atoms with E-state index in [0.717, 1.165) is 16.7 Å². The molecule has 0 aliphatic carbocycles. The molecule has 29 heavy (non-hydrogen) atoms. The van der Waals surface area contributed by atoms with Crippen LogP contribution in [0.4, 0.5) is 10.2 Å². The van der Waals surface area contributed by atoms with E-state index in [0.29, 0.717) is 38.0 Å². The van der Waals surface area contributed by atoms with Gasteiger partial charge in [0.15, 0.2) is 0 Å². The molecule has 2 N–H and O–H groups in total. The van der Waals surface area contributed by atoms with Gasteiger partial charge in [-0.1, -0.05) is 36.4 Å². The summed E-state index contributed by atoms with van der Waals surface area (Å²) in [4.78, 5) is 19.7. The minimum atomic E-state index is -0.717. The Bertz CT molecular complexity index is 1020. The monoisotopic (exact) mass is 393 g/mol. The molecule has 1 amide bonds. The molecule has 2 heterocycles. The highest BCUT2D eigenvalue weighted by molar-refractivity contribution is 5.87. The number of halogens is 1. The molecule has 0 atom stereocenters. The normalized spacial score (nSPS) is 15.2. The highest BCUT2D eigenvalue weighted by atomic mass is 19.1. The molecule has 1 fully saturated rings. The minimum absolute atomic E-state index is 0.0216. The van der Waals surface area contributed by atoms with E-state index >= 15 is 0 Å². The van der Waals surface area contributed by atoms with Gasteiger partial charge < -0.3 is 15.3 Å². The highest BCUT2D eigenvalue weighted by Gasteiger charge is 2.49. The molecule has 150 valence electrons. The fraction of sp³-hybridized carbons (Fsp3) is 0.304. The quantitative estimate of drug-likeness (QED) is 0.606. The first-order valence-corrected chi connectivity index (χ1v) is 9.85. The van der Waals surface area contributed by atoms with Crippen molar-refractivity contribution in [2.75, 3.05) is 31.1 Å². The van der Waals surface area contributed by atoms with Crippen LogP contribution in [-0.2, 0) is 11.2 Å². The summed E-state index contributed by atoms with van der Waals surface area (Å²) in [6.45, 7) is 1.37. The molecule has 6 heteroatoms. The third-order valence-electron chi connectivity index (χ3n) is 5.48. The van der Waals surface area contributed by atoms with Crippen molar-refractivity contribution >= 4 is 22.6 Å². The van der Waals surface area contributed by atoms with Gasteiger partial charge >= 0.3 is 0 Å². The number of para-hydroxylation sites is 1. The topological polar surface area (TPSA) is 65.5 Å². The number of fused-ring (bicyclic) bond motifs is 1. The Balaban J connectivity index is 1.55. The van der Waals surface area contributed by atoms with E-state index in [1.807, 2.05) is 36.4 Å². The summed E-state index contributed by atoms with van der Waals surface area (Å²) in [5, 5.41) is 12.9. The van der Waals surface area contributed by atoms with Crippen LogP contribution >= 0.6 is 0 Å². The van der Waals surface area contributed by atoms with Crippen LogP contribution < -0.4 is 10.2 Å². The number of nitrogens with one attached hydrogen (secondary N) is 1. The summed E-state index contributed by atoms with van der Waals surface area (Å²) < 4.78 is 14.3. The van der Waals surface area contributed by atoms with Gasteiger partial charge in [-0.05, 0) is 42.7 Å². The molecular weight excluding hydrogens is 369 g/mol. The standard InChI is InChI=1S/C23H24FN3O2/c24-19-8-3-1-7-18(19)14-23(22(29)25-12-5-13-28)15-27(16-23)21-11-10-17-6-2-4-9-20(17)26-21/h1-4,6-11,28H,5,12-16H2,(H,25,29). The molecular formula is C23H24FN3O2. The molecule has 2 aromatic carbocycles. The molecule has 0 bridgehead atoms. The Morgan fingerprint density at radius 2 is 1.86 bits per heavy atom. The van der Waals surface area contributed by atoms with E-state index in [4.69, 9.17) is 10.1 Å². The zero-order valence-corrected chi connectivity index (χ0v) is 16.1. The first-order valence-electron chi connectivity index (χ1n) is 9.85. The van der Waals surface area contributed by atoms with Crippen LogP contribution in [0.25, 0.3) is 10.9 Å². The van der Waals surface area contributed by atoms with Gasteiger partial charge in [0.2, 0.25) is 5.91 Å². The lowest BCUT2D eigenvalue weighted by molar-refractivity contribution is -0.132. The lowest BCUT2D eigenvalue weighted by atomic mass is 9.73. The maximum atomic E-state index is 14.3. The van der Waals surface area contributed by atoms with Crippen LogP contribution in [0.5, 0.6) is 0 Å². The lowest BCUT2D eigenvalue weighted by Crippen LogP contribution is -2.64. The Morgan fingerprint density at radius 3 is 2.66 bits per heavy atom. The minimum Gasteiger partial charge on any atom is -0.396 e. The Morgan fingerprint density at radius 1 is 1.10 bits per heavy atom. The Labute approximate surface area is 169 Å². The number of rotatable bonds is 7. The Hall–Kier alpha value is -2.99. The van der Waals surface area contributed by atoms with Crippen LogP contribution in [0.15, 0.2) is 60.7 Å². The molecule has 0 radical (unpaired) electrons. The number of aliphatic hydroxyl groups excluding tert-OH is 1. The second-order valence-electron chi connectivity index (χ2n) is 7.60. The van der Waals surface area contributed by atoms with E-state index in [1.165, 1.54) is 6.07 Å². The lowest BCUT2D eigenvalue weighted by Gasteiger charge is -2.49. The zero-order valence-electron chi connectivity index (χ0n) is 16.1. The summed E-state index contributed by atoms with van der Waals surface area (Å²) in [7, 11) is 0. The van der Waals surface area contributed by atoms with Crippen molar-refractivity contribution in [2.45, 2.75) is 12.8 Å². The molecule has 0 spiro atoms. The maximum Gasteiger partial charge on any atom is 0.230 e. The zero-order chi connectivity index (χ0) is 20.3. The van der Waals surface area contributed by atoms with Gasteiger partial charge in [0.1, 0.15) is 11.6 Å². The van der Waals surface area contributed by atoms with Crippen molar-refractivity contribution < 1.29 is 14.3 Å². The van der Waals surface area contributed by atoms with Crippen LogP contribution in [0.1, 0.15) is 12.0 Å². The molecule has 3 aromatic rings. The predicted octanol–water partition coefficient (Wildman–Crippen LogP) is 2.92. The molecule has 1 aromatic heterocycles. The molecule has 4 rings (SSSR count). The van der Waals surface area contributed by atoms with Crippen LogP contribution in [0, 0.1) is 11.2 Å². The van der Waals surface area contributed by atoms with Crippen LogP contribution in [0.3, 0.4) is 0 Å². The van der Waals surface area contributed by atoms with Crippen LogP contribution in [-0.4, -0.2) is 42.2 Å². The molecule has 0 saturated carbocycles. The number of hydrogen-bond acceptors (Lipinski definition) is 4. The van der Waals surface area contributed by atoms with E-state index in [2.05, 4.69) is 10.2 Å². The van der Waals surface area contributed by atoms with Gasteiger partial charge in [-0.2, -0.15) is 0 Å². The molecule has 5 nitrogen and oxygen atoms in total. The van der Waals surface area contributed by atoms with Crippen molar-refractivity contribution in [2.24, 2.45) is 5.41 Å². The SMILES string of the molecule is O=C(NCCCO)C1(Cc2ccccc2F)CN(c2ccc3ccccc3n2)C1. The summed E-state index contributed by atoms with van der Waals surface area (Å²) in [5.74, 6) is 0.416. The fourth-order valence-corrected chi connectivity index (χ4v) is 3.89. The van der Waals surface area contributed by atoms with Gasteiger partial charge in [0, 0.05) is 31.6 Å². The number of amides is 1. The third-order valence-corrected chi connectivity index (χ3v) is 5.48. The van der Waals surface area contributed by atoms with E-state index in [-0.39, 0.29) is 18.3 Å². The number of hydrogen-bond donors (Lipinski definition) is 2. The number of anilines is 1. The molecule has 1 saturated heterocycles. The second-order valence-corrected chi connectivity index (χ2v) is 7.60. The first kappa shape index (κ1) is 19.3. The van der Waals surface area contributed by atoms with Crippen molar-refractivity contribution in [3.8, 4) is 0 Å². The summed E-state index contributed by atoms with van der Waals surface area (Å²) >= 11 is 0. The van der Waals surface area contributed by atoms with Crippen molar-refractivity contribution in [3.63, 3.8) is 0 Å². The van der Waals surface area contributed by atoms with Gasteiger partial charge in [0.05, 0.1) is 10.9 Å². The average Bonchev–Trinajstić information content (AvgIpc) is 2.71. The fourth-order valence-electron chi connectivity index (χ4n) is 3.89. The third kappa shape index (κ3) is 3.93. The predicted molar refractivity (Wildman–Crippen MR) is 111 cm³/mol. The maximum absolute atomic E-state index is 14.3. The average molecular weight is 393 g/mol. The van der Waals surface area contributed by atoms with Crippen molar-refractivity contribution in [1.82, 2.24) is 10.3 Å². The number of pyridine rings is 1. The van der Waals surface area contributed by atoms with Gasteiger partial charge in [-0.25, -0.2) is 9.37 Å². The second kappa shape index (κ2) is 8.17. The smallest absolute Gasteiger partial charge is 0.230 e. The largest absolute Gasteiger partial charge is 0.396 e. The number of aliphatic hydroxyl groups is 1. The first-order chi connectivity index (χ1) is 14.1. The Kier molecular flexibility index (Phi) is 5.45. The van der Waals surface area contributed by atoms with Crippen molar-refractivity contribution in [3.05, 3.63) is 72.0 Å². The number of nitrogens with zero attached hydrogens (tertiary/aromatic N) is 2. The van der Waals surface area contributed by atoms with Crippen molar-refractivity contribution in [1.29, 1.82) is 0 Å². The van der Waals surface area contributed by atoms with E-state index < -0.39 is 5.41 Å². The number of benzene rings is 2. The van der Waals surface area contributed by atoms with Gasteiger partial charge in [-0.15, -0.1) is 0 Å². The number of aromatic nitrogens is 1. The van der Waals surface area contributed by atoms with Gasteiger partial charge in [0.25, 0.3) is 0 Å². The summed E-state index contributed by atoms with van der Waals surface area (Å²) in [5.41, 5.74) is 0.727. The van der Waals surface area contributed by atoms with Gasteiger partial charge in [-0.3, -0.25) is 4.79 Å². The number of carbonyl (C=O) groups is 1. The molecule has 1 aliphatic heterocycles. The van der Waals surface area contributed by atoms with E-state index in [1.54, 1.807) is 18.2 Å². The van der Waals surface area contributed by atoms with E-state index in [9.17, 15) is 9.18 Å². The molecule has 1 aliphatic rings. The van der Waals surface area contributed by atoms with Crippen LogP contribution in [0.2, 0.25) is 0 Å². The summed E-state index contributed by atoms with van der Waals surface area (Å²) in [6.07, 6.45) is 0.826. The number of carbonyl (C=O) groups excluding carboxylic acids is 1. The summed E-state index contributed by atoms with van der Waals surface area (Å²) in [6, 6.07) is 18.5. The highest BCUT2D eigenvalue weighted by Crippen LogP contribution is 2.38. The molecule has 0 unspecified atom stereocenters.